The van der Waals surface area contributed by atoms with Crippen molar-refractivity contribution in [3.63, 3.8) is 0 Å². The first kappa shape index (κ1) is 12.4. The van der Waals surface area contributed by atoms with E-state index in [9.17, 15) is 18.3 Å². The Kier molecular flexibility index (Phi) is 2.37. The maximum atomic E-state index is 12.5. The second-order valence-corrected chi connectivity index (χ2v) is 5.34. The highest BCUT2D eigenvalue weighted by molar-refractivity contribution is 5.34. The van der Waals surface area contributed by atoms with Crippen molar-refractivity contribution in [1.29, 1.82) is 0 Å². The van der Waals surface area contributed by atoms with Gasteiger partial charge in [0.05, 0.1) is 6.61 Å². The summed E-state index contributed by atoms with van der Waals surface area (Å²) in [6, 6.07) is 1.05. The van der Waals surface area contributed by atoms with Crippen LogP contribution in [0.1, 0.15) is 31.7 Å². The van der Waals surface area contributed by atoms with Crippen molar-refractivity contribution in [3.8, 4) is 0 Å². The summed E-state index contributed by atoms with van der Waals surface area (Å²) in [7, 11) is 1.48. The quantitative estimate of drug-likeness (QED) is 0.870. The largest absolute Gasteiger partial charge is 0.435 e. The van der Waals surface area contributed by atoms with Gasteiger partial charge in [-0.3, -0.25) is 4.68 Å². The van der Waals surface area contributed by atoms with Gasteiger partial charge in [-0.05, 0) is 17.9 Å². The lowest BCUT2D eigenvalue weighted by Gasteiger charge is -2.17. The van der Waals surface area contributed by atoms with Crippen LogP contribution < -0.4 is 0 Å². The molecule has 0 bridgehead atoms. The maximum Gasteiger partial charge on any atom is 0.435 e. The van der Waals surface area contributed by atoms with Crippen LogP contribution in [-0.4, -0.2) is 21.5 Å². The first-order chi connectivity index (χ1) is 7.64. The molecule has 0 aliphatic heterocycles. The summed E-state index contributed by atoms with van der Waals surface area (Å²) < 4.78 is 38.9. The van der Waals surface area contributed by atoms with Gasteiger partial charge in [0.15, 0.2) is 5.69 Å². The number of halogens is 3. The number of nitrogens with zero attached hydrogens (tertiary/aromatic N) is 2. The topological polar surface area (TPSA) is 38.0 Å². The van der Waals surface area contributed by atoms with Crippen molar-refractivity contribution in [2.45, 2.75) is 31.9 Å². The number of aliphatic hydroxyl groups is 1. The smallest absolute Gasteiger partial charge is 0.395 e. The Labute approximate surface area is 97.2 Å². The molecule has 0 aromatic carbocycles. The SMILES string of the molecule is Cn1nc(C(F)(F)F)cc1C1(CO)CC1(C)C. The summed E-state index contributed by atoms with van der Waals surface area (Å²) in [6.45, 7) is 3.71. The van der Waals surface area contributed by atoms with Gasteiger partial charge in [0, 0.05) is 18.2 Å². The van der Waals surface area contributed by atoms with Crippen molar-refractivity contribution in [2.24, 2.45) is 12.5 Å². The highest BCUT2D eigenvalue weighted by Gasteiger charge is 2.63. The van der Waals surface area contributed by atoms with Crippen LogP contribution in [0.5, 0.6) is 0 Å². The molecule has 1 aliphatic carbocycles. The van der Waals surface area contributed by atoms with Gasteiger partial charge < -0.3 is 5.11 Å². The summed E-state index contributed by atoms with van der Waals surface area (Å²) in [6.07, 6.45) is -3.76. The van der Waals surface area contributed by atoms with Gasteiger partial charge in [-0.25, -0.2) is 0 Å². The average Bonchev–Trinajstić information content (AvgIpc) is 2.53. The van der Waals surface area contributed by atoms with E-state index in [1.807, 2.05) is 13.8 Å². The van der Waals surface area contributed by atoms with Crippen LogP contribution in [0.2, 0.25) is 0 Å². The lowest BCUT2D eigenvalue weighted by atomic mass is 9.93. The number of hydrogen-bond acceptors (Lipinski definition) is 2. The third-order valence-corrected chi connectivity index (χ3v) is 3.84. The van der Waals surface area contributed by atoms with Crippen LogP contribution in [-0.2, 0) is 18.6 Å². The highest BCUT2D eigenvalue weighted by atomic mass is 19.4. The van der Waals surface area contributed by atoms with Crippen LogP contribution in [0.25, 0.3) is 0 Å². The summed E-state index contributed by atoms with van der Waals surface area (Å²) in [5, 5.41) is 12.9. The van der Waals surface area contributed by atoms with Gasteiger partial charge in [-0.15, -0.1) is 0 Å². The average molecular weight is 248 g/mol. The standard InChI is InChI=1S/C11H15F3N2O/c1-9(2)5-10(9,6-17)8-4-7(11(12,13)14)15-16(8)3/h4,17H,5-6H2,1-3H3. The normalized spacial score (nSPS) is 27.2. The Bertz CT molecular complexity index is 450. The minimum atomic E-state index is -4.44. The molecule has 1 unspecified atom stereocenters. The first-order valence-corrected chi connectivity index (χ1v) is 5.37. The predicted molar refractivity (Wildman–Crippen MR) is 55.4 cm³/mol. The molecule has 1 aliphatic rings. The maximum absolute atomic E-state index is 12.5. The molecule has 0 radical (unpaired) electrons. The van der Waals surface area contributed by atoms with Crippen LogP contribution in [0.15, 0.2) is 6.07 Å². The molecule has 1 saturated carbocycles. The van der Waals surface area contributed by atoms with Gasteiger partial charge >= 0.3 is 6.18 Å². The Hall–Kier alpha value is -1.04. The van der Waals surface area contributed by atoms with Gasteiger partial charge in [0.2, 0.25) is 0 Å². The second kappa shape index (κ2) is 3.25. The van der Waals surface area contributed by atoms with Crippen molar-refractivity contribution in [2.75, 3.05) is 6.61 Å². The predicted octanol–water partition coefficient (Wildman–Crippen LogP) is 2.10. The van der Waals surface area contributed by atoms with Crippen LogP contribution in [0, 0.1) is 5.41 Å². The molecule has 1 aromatic heterocycles. The molecule has 0 amide bonds. The van der Waals surface area contributed by atoms with E-state index in [1.54, 1.807) is 0 Å². The lowest BCUT2D eigenvalue weighted by Crippen LogP contribution is -2.22. The van der Waals surface area contributed by atoms with E-state index in [2.05, 4.69) is 5.10 Å². The molecule has 17 heavy (non-hydrogen) atoms. The molecule has 6 heteroatoms. The molecule has 2 rings (SSSR count). The van der Waals surface area contributed by atoms with E-state index in [-0.39, 0.29) is 12.0 Å². The van der Waals surface area contributed by atoms with E-state index in [0.29, 0.717) is 12.1 Å². The molecule has 1 N–H and O–H groups in total. The zero-order valence-electron chi connectivity index (χ0n) is 9.97. The molecular weight excluding hydrogens is 233 g/mol. The molecule has 1 heterocycles. The fourth-order valence-electron chi connectivity index (χ4n) is 2.55. The van der Waals surface area contributed by atoms with Crippen LogP contribution in [0.4, 0.5) is 13.2 Å². The van der Waals surface area contributed by atoms with E-state index in [0.717, 1.165) is 6.07 Å². The Balaban J connectivity index is 2.45. The number of alkyl halides is 3. The lowest BCUT2D eigenvalue weighted by molar-refractivity contribution is -0.141. The number of aromatic nitrogens is 2. The van der Waals surface area contributed by atoms with Gasteiger partial charge in [0.25, 0.3) is 0 Å². The Morgan fingerprint density at radius 1 is 1.47 bits per heavy atom. The second-order valence-electron chi connectivity index (χ2n) is 5.34. The number of rotatable bonds is 2. The fraction of sp³-hybridized carbons (Fsp3) is 0.727. The van der Waals surface area contributed by atoms with Crippen molar-refractivity contribution in [3.05, 3.63) is 17.5 Å². The molecular formula is C11H15F3N2O. The minimum Gasteiger partial charge on any atom is -0.395 e. The summed E-state index contributed by atoms with van der Waals surface area (Å²) in [4.78, 5) is 0. The summed E-state index contributed by atoms with van der Waals surface area (Å²) >= 11 is 0. The Morgan fingerprint density at radius 3 is 2.29 bits per heavy atom. The summed E-state index contributed by atoms with van der Waals surface area (Å²) in [5.74, 6) is 0. The van der Waals surface area contributed by atoms with E-state index in [1.165, 1.54) is 11.7 Å². The molecule has 1 aromatic rings. The van der Waals surface area contributed by atoms with Crippen molar-refractivity contribution < 1.29 is 18.3 Å². The fourth-order valence-corrected chi connectivity index (χ4v) is 2.55. The number of hydrogen-bond donors (Lipinski definition) is 1. The zero-order chi connectivity index (χ0) is 13.1. The number of aliphatic hydroxyl groups excluding tert-OH is 1. The minimum absolute atomic E-state index is 0.156. The summed E-state index contributed by atoms with van der Waals surface area (Å²) in [5.41, 5.74) is -1.21. The van der Waals surface area contributed by atoms with Crippen molar-refractivity contribution in [1.82, 2.24) is 9.78 Å². The van der Waals surface area contributed by atoms with E-state index < -0.39 is 17.3 Å². The van der Waals surface area contributed by atoms with E-state index >= 15 is 0 Å². The van der Waals surface area contributed by atoms with Gasteiger partial charge in [0.1, 0.15) is 0 Å². The molecule has 3 nitrogen and oxygen atoms in total. The molecule has 1 atom stereocenters. The zero-order valence-corrected chi connectivity index (χ0v) is 9.97. The van der Waals surface area contributed by atoms with E-state index in [4.69, 9.17) is 0 Å². The highest BCUT2D eigenvalue weighted by Crippen LogP contribution is 2.64. The monoisotopic (exact) mass is 248 g/mol. The molecule has 0 spiro atoms. The van der Waals surface area contributed by atoms with Crippen LogP contribution >= 0.6 is 0 Å². The first-order valence-electron chi connectivity index (χ1n) is 5.37. The van der Waals surface area contributed by atoms with Crippen molar-refractivity contribution >= 4 is 0 Å². The molecule has 1 fully saturated rings. The van der Waals surface area contributed by atoms with Gasteiger partial charge in [-0.1, -0.05) is 13.8 Å². The Morgan fingerprint density at radius 2 is 2.00 bits per heavy atom. The molecule has 96 valence electrons. The third-order valence-electron chi connectivity index (χ3n) is 3.84. The molecule has 0 saturated heterocycles. The van der Waals surface area contributed by atoms with Gasteiger partial charge in [-0.2, -0.15) is 18.3 Å². The van der Waals surface area contributed by atoms with Crippen LogP contribution in [0.3, 0.4) is 0 Å². The number of aryl methyl sites for hydroxylation is 1. The third kappa shape index (κ3) is 1.66.